The summed E-state index contributed by atoms with van der Waals surface area (Å²) in [5.74, 6) is -2.27. The third-order valence-corrected chi connectivity index (χ3v) is 6.21. The molecule has 0 spiro atoms. The number of oxime groups is 1. The Hall–Kier alpha value is -4.23. The fourth-order valence-electron chi connectivity index (χ4n) is 4.12. The van der Waals surface area contributed by atoms with E-state index in [4.69, 9.17) is 16.7 Å². The third kappa shape index (κ3) is 5.37. The number of aromatic nitrogens is 1. The Kier molecular flexibility index (Phi) is 7.31. The number of nitrogens with zero attached hydrogens (tertiary/aromatic N) is 2. The number of carbonyl (C=O) groups is 1. The Bertz CT molecular complexity index is 1500. The molecular formula is C28H22ClFN2O4. The maximum atomic E-state index is 15.1. The zero-order valence-electron chi connectivity index (χ0n) is 19.2. The van der Waals surface area contributed by atoms with Crippen LogP contribution in [0.5, 0.6) is 0 Å². The summed E-state index contributed by atoms with van der Waals surface area (Å²) in [4.78, 5) is 22.9. The lowest BCUT2D eigenvalue weighted by Gasteiger charge is -2.21. The van der Waals surface area contributed by atoms with Gasteiger partial charge in [-0.25, -0.2) is 9.18 Å². The van der Waals surface area contributed by atoms with Gasteiger partial charge in [-0.05, 0) is 46.5 Å². The molecule has 36 heavy (non-hydrogen) atoms. The molecule has 1 atom stereocenters. The zero-order valence-corrected chi connectivity index (χ0v) is 20.0. The van der Waals surface area contributed by atoms with Crippen molar-refractivity contribution in [2.45, 2.75) is 12.3 Å². The van der Waals surface area contributed by atoms with E-state index in [0.717, 1.165) is 16.7 Å². The van der Waals surface area contributed by atoms with Crippen molar-refractivity contribution in [1.29, 1.82) is 0 Å². The molecule has 0 aliphatic carbocycles. The zero-order chi connectivity index (χ0) is 25.8. The van der Waals surface area contributed by atoms with Crippen molar-refractivity contribution in [1.82, 2.24) is 4.57 Å². The lowest BCUT2D eigenvalue weighted by Crippen LogP contribution is -2.20. The van der Waals surface area contributed by atoms with Crippen LogP contribution in [-0.4, -0.2) is 26.6 Å². The van der Waals surface area contributed by atoms with Crippen LogP contribution in [0.1, 0.15) is 33.0 Å². The van der Waals surface area contributed by atoms with Crippen LogP contribution in [-0.2, 0) is 13.5 Å². The SMILES string of the molecule is Cn1cc(CC(=NO)C(c2ccc(-c3ccc(C(=O)O)cc3)cc2)c2ccc(Cl)cc2F)ccc1=O. The Balaban J connectivity index is 1.74. The number of hydrogen-bond donors (Lipinski definition) is 2. The number of aromatic carboxylic acids is 1. The summed E-state index contributed by atoms with van der Waals surface area (Å²) in [6, 6.07) is 21.2. The average Bonchev–Trinajstić information content (AvgIpc) is 2.87. The van der Waals surface area contributed by atoms with E-state index < -0.39 is 17.7 Å². The van der Waals surface area contributed by atoms with Gasteiger partial charge in [0.15, 0.2) is 0 Å². The number of hydrogen-bond acceptors (Lipinski definition) is 4. The molecule has 0 fully saturated rings. The minimum absolute atomic E-state index is 0.173. The number of aryl methyl sites for hydroxylation is 1. The maximum Gasteiger partial charge on any atom is 0.335 e. The summed E-state index contributed by atoms with van der Waals surface area (Å²) < 4.78 is 16.5. The van der Waals surface area contributed by atoms with Crippen molar-refractivity contribution in [3.63, 3.8) is 0 Å². The predicted molar refractivity (Wildman–Crippen MR) is 137 cm³/mol. The molecule has 4 rings (SSSR count). The van der Waals surface area contributed by atoms with Gasteiger partial charge in [0.2, 0.25) is 5.56 Å². The molecule has 0 aliphatic heterocycles. The number of rotatable bonds is 7. The summed E-state index contributed by atoms with van der Waals surface area (Å²) >= 11 is 5.97. The van der Waals surface area contributed by atoms with E-state index in [1.54, 1.807) is 43.6 Å². The van der Waals surface area contributed by atoms with E-state index in [1.165, 1.54) is 28.8 Å². The maximum absolute atomic E-state index is 15.1. The molecule has 0 aliphatic rings. The van der Waals surface area contributed by atoms with Gasteiger partial charge < -0.3 is 14.9 Å². The van der Waals surface area contributed by atoms with Crippen LogP contribution >= 0.6 is 11.6 Å². The van der Waals surface area contributed by atoms with Gasteiger partial charge in [-0.1, -0.05) is 65.3 Å². The van der Waals surface area contributed by atoms with E-state index in [-0.39, 0.29) is 33.8 Å². The van der Waals surface area contributed by atoms with E-state index >= 15 is 4.39 Å². The topological polar surface area (TPSA) is 91.9 Å². The second kappa shape index (κ2) is 10.6. The molecule has 0 saturated carbocycles. The highest BCUT2D eigenvalue weighted by atomic mass is 35.5. The molecule has 0 amide bonds. The molecule has 0 bridgehead atoms. The van der Waals surface area contributed by atoms with Gasteiger partial charge in [0.1, 0.15) is 5.82 Å². The number of halogens is 2. The summed E-state index contributed by atoms with van der Waals surface area (Å²) in [5, 5.41) is 22.9. The molecule has 3 aromatic carbocycles. The van der Waals surface area contributed by atoms with Crippen LogP contribution in [0.4, 0.5) is 4.39 Å². The summed E-state index contributed by atoms with van der Waals surface area (Å²) in [5.41, 5.74) is 3.65. The standard InChI is InChI=1S/C28H22ClFN2O4/c1-32-16-17(2-13-26(32)33)14-25(31-36)27(23-12-11-22(29)15-24(23)30)20-7-3-18(4-8-20)19-5-9-21(10-6-19)28(34)35/h2-13,15-16,27,36H,14H2,1H3,(H,34,35). The van der Waals surface area contributed by atoms with Crippen LogP contribution < -0.4 is 5.56 Å². The fraction of sp³-hybridized carbons (Fsp3) is 0.107. The highest BCUT2D eigenvalue weighted by Crippen LogP contribution is 2.32. The molecule has 1 unspecified atom stereocenters. The van der Waals surface area contributed by atoms with E-state index in [2.05, 4.69) is 5.16 Å². The quantitative estimate of drug-likeness (QED) is 0.190. The molecule has 0 saturated heterocycles. The number of carboxylic acid groups (broad SMARTS) is 1. The molecule has 8 heteroatoms. The fourth-order valence-corrected chi connectivity index (χ4v) is 4.28. The van der Waals surface area contributed by atoms with E-state index in [1.807, 2.05) is 24.3 Å². The number of benzene rings is 3. The van der Waals surface area contributed by atoms with E-state index in [0.29, 0.717) is 5.56 Å². The van der Waals surface area contributed by atoms with Crippen LogP contribution in [0, 0.1) is 5.82 Å². The molecule has 1 aromatic heterocycles. The Morgan fingerprint density at radius 2 is 1.64 bits per heavy atom. The third-order valence-electron chi connectivity index (χ3n) is 5.98. The molecular weight excluding hydrogens is 483 g/mol. The first-order valence-corrected chi connectivity index (χ1v) is 11.4. The summed E-state index contributed by atoms with van der Waals surface area (Å²) in [6.07, 6.45) is 1.82. The van der Waals surface area contributed by atoms with Crippen molar-refractivity contribution < 1.29 is 19.5 Å². The van der Waals surface area contributed by atoms with Crippen LogP contribution in [0.3, 0.4) is 0 Å². The molecule has 182 valence electrons. The molecule has 4 aromatic rings. The van der Waals surface area contributed by atoms with Crippen molar-refractivity contribution in [3.8, 4) is 11.1 Å². The lowest BCUT2D eigenvalue weighted by molar-refractivity contribution is 0.0697. The first-order chi connectivity index (χ1) is 17.3. The Morgan fingerprint density at radius 1 is 1.00 bits per heavy atom. The molecule has 6 nitrogen and oxygen atoms in total. The van der Waals surface area contributed by atoms with Gasteiger partial charge in [-0.3, -0.25) is 4.79 Å². The summed E-state index contributed by atoms with van der Waals surface area (Å²) in [7, 11) is 1.62. The van der Waals surface area contributed by atoms with Crippen LogP contribution in [0.2, 0.25) is 5.02 Å². The largest absolute Gasteiger partial charge is 0.478 e. The average molecular weight is 505 g/mol. The van der Waals surface area contributed by atoms with E-state index in [9.17, 15) is 14.8 Å². The second-order valence-corrected chi connectivity index (χ2v) is 8.79. The monoisotopic (exact) mass is 504 g/mol. The highest BCUT2D eigenvalue weighted by molar-refractivity contribution is 6.30. The summed E-state index contributed by atoms with van der Waals surface area (Å²) in [6.45, 7) is 0. The first-order valence-electron chi connectivity index (χ1n) is 11.0. The predicted octanol–water partition coefficient (Wildman–Crippen LogP) is 5.75. The van der Waals surface area contributed by atoms with Crippen molar-refractivity contribution in [3.05, 3.63) is 129 Å². The molecule has 1 heterocycles. The van der Waals surface area contributed by atoms with Gasteiger partial charge in [-0.15, -0.1) is 0 Å². The number of carboxylic acids is 1. The normalized spacial score (nSPS) is 12.4. The smallest absolute Gasteiger partial charge is 0.335 e. The highest BCUT2D eigenvalue weighted by Gasteiger charge is 2.25. The van der Waals surface area contributed by atoms with Gasteiger partial charge in [0.05, 0.1) is 17.2 Å². The molecule has 2 N–H and O–H groups in total. The van der Waals surface area contributed by atoms with Crippen LogP contribution in [0.15, 0.2) is 95.0 Å². The molecule has 0 radical (unpaired) electrons. The van der Waals surface area contributed by atoms with Gasteiger partial charge in [-0.2, -0.15) is 0 Å². The van der Waals surface area contributed by atoms with Crippen LogP contribution in [0.25, 0.3) is 11.1 Å². The van der Waals surface area contributed by atoms with Gasteiger partial charge in [0, 0.05) is 36.3 Å². The number of pyridine rings is 1. The Morgan fingerprint density at radius 3 is 2.19 bits per heavy atom. The first kappa shape index (κ1) is 24.9. The van der Waals surface area contributed by atoms with Gasteiger partial charge in [0.25, 0.3) is 0 Å². The lowest BCUT2D eigenvalue weighted by atomic mass is 9.84. The van der Waals surface area contributed by atoms with Crippen molar-refractivity contribution in [2.24, 2.45) is 12.2 Å². The van der Waals surface area contributed by atoms with Gasteiger partial charge >= 0.3 is 5.97 Å². The van der Waals surface area contributed by atoms with Crippen molar-refractivity contribution in [2.75, 3.05) is 0 Å². The minimum Gasteiger partial charge on any atom is -0.478 e. The second-order valence-electron chi connectivity index (χ2n) is 8.36. The Labute approximate surface area is 211 Å². The minimum atomic E-state index is -1.00. The van der Waals surface area contributed by atoms with Crippen molar-refractivity contribution >= 4 is 23.3 Å².